The first-order chi connectivity index (χ1) is 10.6. The molecule has 0 bridgehead atoms. The predicted octanol–water partition coefficient (Wildman–Crippen LogP) is 1.66. The molecule has 0 unspecified atom stereocenters. The largest absolute Gasteiger partial charge is 0.352 e. The molecule has 3 rings (SSSR count). The summed E-state index contributed by atoms with van der Waals surface area (Å²) in [4.78, 5) is 26.6. The van der Waals surface area contributed by atoms with Crippen molar-refractivity contribution in [1.82, 2.24) is 10.3 Å². The molecule has 5 nitrogen and oxygen atoms in total. The number of hydrogen-bond donors (Lipinski definition) is 3. The first kappa shape index (κ1) is 14.8. The van der Waals surface area contributed by atoms with Crippen LogP contribution in [-0.2, 0) is 11.3 Å². The Bertz CT molecular complexity index is 738. The number of pyridine rings is 1. The fourth-order valence-electron chi connectivity index (χ4n) is 3.25. The molecule has 0 saturated heterocycles. The number of rotatable bonds is 4. The molecule has 1 aromatic carbocycles. The Morgan fingerprint density at radius 3 is 2.91 bits per heavy atom. The third-order valence-electron chi connectivity index (χ3n) is 4.48. The predicted molar refractivity (Wildman–Crippen MR) is 86.3 cm³/mol. The van der Waals surface area contributed by atoms with Crippen molar-refractivity contribution in [1.29, 1.82) is 0 Å². The number of para-hydroxylation sites is 1. The van der Waals surface area contributed by atoms with Crippen LogP contribution in [0.25, 0.3) is 10.9 Å². The number of nitrogens with two attached hydrogens (primary N) is 1. The number of aromatic amines is 1. The minimum atomic E-state index is -0.152. The van der Waals surface area contributed by atoms with Gasteiger partial charge in [-0.1, -0.05) is 24.6 Å². The van der Waals surface area contributed by atoms with Crippen molar-refractivity contribution in [2.75, 3.05) is 0 Å². The molecule has 1 aliphatic carbocycles. The second kappa shape index (κ2) is 6.32. The Morgan fingerprint density at radius 2 is 2.14 bits per heavy atom. The van der Waals surface area contributed by atoms with Crippen molar-refractivity contribution in [3.8, 4) is 0 Å². The molecule has 22 heavy (non-hydrogen) atoms. The van der Waals surface area contributed by atoms with Gasteiger partial charge in [-0.05, 0) is 30.4 Å². The highest BCUT2D eigenvalue weighted by Crippen LogP contribution is 2.26. The standard InChI is InChI=1S/C17H21N3O2/c18-14-6-3-4-11(14)8-16(21)19-10-12-9-17(22)20-15-7-2-1-5-13(12)15/h1-2,5,7,9,11,14H,3-4,6,8,10,18H2,(H,19,21)(H,20,22)/t11-,14+/m0/s1. The molecular formula is C17H21N3O2. The van der Waals surface area contributed by atoms with Gasteiger partial charge in [-0.15, -0.1) is 0 Å². The van der Waals surface area contributed by atoms with Crippen molar-refractivity contribution in [2.24, 2.45) is 11.7 Å². The summed E-state index contributed by atoms with van der Waals surface area (Å²) >= 11 is 0. The summed E-state index contributed by atoms with van der Waals surface area (Å²) in [5.74, 6) is 0.294. The number of H-pyrrole nitrogens is 1. The lowest BCUT2D eigenvalue weighted by molar-refractivity contribution is -0.122. The molecule has 1 heterocycles. The fourth-order valence-corrected chi connectivity index (χ4v) is 3.25. The van der Waals surface area contributed by atoms with Gasteiger partial charge in [-0.3, -0.25) is 9.59 Å². The van der Waals surface area contributed by atoms with Crippen molar-refractivity contribution < 1.29 is 4.79 Å². The summed E-state index contributed by atoms with van der Waals surface area (Å²) in [7, 11) is 0. The summed E-state index contributed by atoms with van der Waals surface area (Å²) in [6.45, 7) is 0.366. The monoisotopic (exact) mass is 299 g/mol. The maximum absolute atomic E-state index is 12.1. The first-order valence-electron chi connectivity index (χ1n) is 7.77. The molecule has 1 saturated carbocycles. The Balaban J connectivity index is 1.68. The van der Waals surface area contributed by atoms with Gasteiger partial charge in [-0.25, -0.2) is 0 Å². The van der Waals surface area contributed by atoms with Gasteiger partial charge < -0.3 is 16.0 Å². The SMILES string of the molecule is N[C@@H]1CCC[C@H]1CC(=O)NCc1cc(=O)[nH]c2ccccc12. The summed E-state index contributed by atoms with van der Waals surface area (Å²) in [5.41, 5.74) is 7.48. The van der Waals surface area contributed by atoms with Gasteiger partial charge in [0.1, 0.15) is 0 Å². The summed E-state index contributed by atoms with van der Waals surface area (Å²) in [6, 6.07) is 9.29. The van der Waals surface area contributed by atoms with E-state index in [2.05, 4.69) is 10.3 Å². The third kappa shape index (κ3) is 3.20. The van der Waals surface area contributed by atoms with Gasteiger partial charge in [0, 0.05) is 36.0 Å². The number of carbonyl (C=O) groups excluding carboxylic acids is 1. The van der Waals surface area contributed by atoms with Gasteiger partial charge in [0.15, 0.2) is 0 Å². The maximum Gasteiger partial charge on any atom is 0.248 e. The minimum Gasteiger partial charge on any atom is -0.352 e. The van der Waals surface area contributed by atoms with E-state index in [1.807, 2.05) is 24.3 Å². The third-order valence-corrected chi connectivity index (χ3v) is 4.48. The fraction of sp³-hybridized carbons (Fsp3) is 0.412. The van der Waals surface area contributed by atoms with Gasteiger partial charge >= 0.3 is 0 Å². The highest BCUT2D eigenvalue weighted by Gasteiger charge is 2.25. The molecule has 1 aromatic heterocycles. The Labute approximate surface area is 128 Å². The first-order valence-corrected chi connectivity index (χ1v) is 7.77. The van der Waals surface area contributed by atoms with E-state index in [-0.39, 0.29) is 23.4 Å². The van der Waals surface area contributed by atoms with Crippen LogP contribution in [0.1, 0.15) is 31.2 Å². The average molecular weight is 299 g/mol. The van der Waals surface area contributed by atoms with E-state index in [9.17, 15) is 9.59 Å². The highest BCUT2D eigenvalue weighted by atomic mass is 16.1. The van der Waals surface area contributed by atoms with E-state index in [1.54, 1.807) is 6.07 Å². The summed E-state index contributed by atoms with van der Waals surface area (Å²) in [6.07, 6.45) is 3.62. The van der Waals surface area contributed by atoms with Gasteiger partial charge in [-0.2, -0.15) is 0 Å². The molecule has 2 aromatic rings. The zero-order valence-corrected chi connectivity index (χ0v) is 12.5. The molecular weight excluding hydrogens is 278 g/mol. The molecule has 5 heteroatoms. The topological polar surface area (TPSA) is 88.0 Å². The quantitative estimate of drug-likeness (QED) is 0.802. The molecule has 0 radical (unpaired) electrons. The molecule has 0 aliphatic heterocycles. The molecule has 2 atom stereocenters. The zero-order chi connectivity index (χ0) is 15.5. The van der Waals surface area contributed by atoms with Crippen LogP contribution in [0.3, 0.4) is 0 Å². The second-order valence-corrected chi connectivity index (χ2v) is 6.04. The summed E-state index contributed by atoms with van der Waals surface area (Å²) < 4.78 is 0. The second-order valence-electron chi connectivity index (χ2n) is 6.04. The number of hydrogen-bond acceptors (Lipinski definition) is 3. The zero-order valence-electron chi connectivity index (χ0n) is 12.5. The van der Waals surface area contributed by atoms with Crippen LogP contribution < -0.4 is 16.6 Å². The van der Waals surface area contributed by atoms with Gasteiger partial charge in [0.05, 0.1) is 0 Å². The molecule has 116 valence electrons. The molecule has 0 spiro atoms. The molecule has 1 aliphatic rings. The number of carbonyl (C=O) groups is 1. The van der Waals surface area contributed by atoms with Crippen LogP contribution in [0, 0.1) is 5.92 Å². The van der Waals surface area contributed by atoms with Crippen molar-refractivity contribution in [3.05, 3.63) is 46.2 Å². The van der Waals surface area contributed by atoms with E-state index in [0.29, 0.717) is 13.0 Å². The number of amides is 1. The molecule has 1 amide bonds. The number of nitrogens with one attached hydrogen (secondary N) is 2. The van der Waals surface area contributed by atoms with Crippen molar-refractivity contribution in [3.63, 3.8) is 0 Å². The normalized spacial score (nSPS) is 21.1. The van der Waals surface area contributed by atoms with Crippen molar-refractivity contribution in [2.45, 2.75) is 38.3 Å². The Hall–Kier alpha value is -2.14. The Morgan fingerprint density at radius 1 is 1.32 bits per heavy atom. The van der Waals surface area contributed by atoms with Crippen LogP contribution in [-0.4, -0.2) is 16.9 Å². The number of benzene rings is 1. The van der Waals surface area contributed by atoms with E-state index in [4.69, 9.17) is 5.73 Å². The van der Waals surface area contributed by atoms with Crippen LogP contribution in [0.5, 0.6) is 0 Å². The average Bonchev–Trinajstić information content (AvgIpc) is 2.90. The van der Waals surface area contributed by atoms with Gasteiger partial charge in [0.25, 0.3) is 0 Å². The Kier molecular flexibility index (Phi) is 4.24. The maximum atomic E-state index is 12.1. The van der Waals surface area contributed by atoms with Crippen LogP contribution in [0.2, 0.25) is 0 Å². The van der Waals surface area contributed by atoms with E-state index in [0.717, 1.165) is 35.7 Å². The van der Waals surface area contributed by atoms with Crippen LogP contribution in [0.4, 0.5) is 0 Å². The van der Waals surface area contributed by atoms with E-state index < -0.39 is 0 Å². The lowest BCUT2D eigenvalue weighted by Crippen LogP contribution is -2.31. The minimum absolute atomic E-state index is 0.00622. The number of fused-ring (bicyclic) bond motifs is 1. The van der Waals surface area contributed by atoms with Crippen molar-refractivity contribution >= 4 is 16.8 Å². The van der Waals surface area contributed by atoms with Gasteiger partial charge in [0.2, 0.25) is 11.5 Å². The van der Waals surface area contributed by atoms with E-state index >= 15 is 0 Å². The van der Waals surface area contributed by atoms with Crippen LogP contribution in [0.15, 0.2) is 35.1 Å². The molecule has 4 N–H and O–H groups in total. The van der Waals surface area contributed by atoms with Crippen LogP contribution >= 0.6 is 0 Å². The van der Waals surface area contributed by atoms with E-state index in [1.165, 1.54) is 0 Å². The smallest absolute Gasteiger partial charge is 0.248 e. The lowest BCUT2D eigenvalue weighted by atomic mass is 10.00. The molecule has 1 fully saturated rings. The lowest BCUT2D eigenvalue weighted by Gasteiger charge is -2.15. The summed E-state index contributed by atoms with van der Waals surface area (Å²) in [5, 5.41) is 3.88. The highest BCUT2D eigenvalue weighted by molar-refractivity contribution is 5.82. The number of aromatic nitrogens is 1.